The largest absolute Gasteiger partial charge is 0.451 e. The van der Waals surface area contributed by atoms with E-state index >= 15 is 0 Å². The van der Waals surface area contributed by atoms with Crippen LogP contribution in [-0.4, -0.2) is 21.9 Å². The van der Waals surface area contributed by atoms with Crippen LogP contribution in [0.3, 0.4) is 0 Å². The zero-order valence-electron chi connectivity index (χ0n) is 16.2. The molecule has 1 aliphatic heterocycles. The fourth-order valence-corrected chi connectivity index (χ4v) is 4.00. The molecule has 1 aromatic carbocycles. The van der Waals surface area contributed by atoms with Gasteiger partial charge in [-0.3, -0.25) is 9.59 Å². The number of aryl methyl sites for hydroxylation is 2. The van der Waals surface area contributed by atoms with Crippen molar-refractivity contribution >= 4 is 16.9 Å². The lowest BCUT2D eigenvalue weighted by atomic mass is 9.96. The quantitative estimate of drug-likeness (QED) is 0.689. The van der Waals surface area contributed by atoms with Gasteiger partial charge in [-0.05, 0) is 55.2 Å². The molecule has 5 heteroatoms. The van der Waals surface area contributed by atoms with Gasteiger partial charge in [-0.15, -0.1) is 0 Å². The number of carbonyl (C=O) groups excluding carboxylic acids is 1. The second-order valence-electron chi connectivity index (χ2n) is 7.72. The number of fused-ring (bicyclic) bond motifs is 2. The van der Waals surface area contributed by atoms with Crippen LogP contribution < -0.4 is 5.43 Å². The number of aromatic nitrogens is 1. The van der Waals surface area contributed by atoms with Crippen LogP contribution in [0.2, 0.25) is 0 Å². The summed E-state index contributed by atoms with van der Waals surface area (Å²) in [6, 6.07) is 9.04. The summed E-state index contributed by atoms with van der Waals surface area (Å²) in [5.74, 6) is 0.139. The average Bonchev–Trinajstić information content (AvgIpc) is 3.10. The summed E-state index contributed by atoms with van der Waals surface area (Å²) < 4.78 is 8.08. The van der Waals surface area contributed by atoms with Gasteiger partial charge >= 0.3 is 0 Å². The lowest BCUT2D eigenvalue weighted by molar-refractivity contribution is 0.0525. The highest BCUT2D eigenvalue weighted by Crippen LogP contribution is 2.33. The second-order valence-corrected chi connectivity index (χ2v) is 7.72. The van der Waals surface area contributed by atoms with E-state index in [0.717, 1.165) is 23.4 Å². The van der Waals surface area contributed by atoms with Crippen LogP contribution in [0.1, 0.15) is 47.3 Å². The van der Waals surface area contributed by atoms with Gasteiger partial charge in [-0.1, -0.05) is 13.8 Å². The Morgan fingerprint density at radius 2 is 1.89 bits per heavy atom. The predicted molar refractivity (Wildman–Crippen MR) is 105 cm³/mol. The van der Waals surface area contributed by atoms with Crippen LogP contribution in [-0.2, 0) is 6.54 Å². The topological polar surface area (TPSA) is 55.5 Å². The number of benzene rings is 1. The zero-order valence-corrected chi connectivity index (χ0v) is 16.2. The molecule has 0 unspecified atom stereocenters. The van der Waals surface area contributed by atoms with Crippen molar-refractivity contribution < 1.29 is 9.21 Å². The van der Waals surface area contributed by atoms with Gasteiger partial charge in [0, 0.05) is 31.0 Å². The van der Waals surface area contributed by atoms with E-state index in [9.17, 15) is 9.59 Å². The van der Waals surface area contributed by atoms with Crippen molar-refractivity contribution in [2.45, 2.75) is 40.3 Å². The van der Waals surface area contributed by atoms with Gasteiger partial charge in [0.25, 0.3) is 5.91 Å². The maximum absolute atomic E-state index is 13.3. The molecule has 5 nitrogen and oxygen atoms in total. The van der Waals surface area contributed by atoms with Crippen LogP contribution in [0.15, 0.2) is 45.7 Å². The van der Waals surface area contributed by atoms with Crippen LogP contribution in [0.25, 0.3) is 11.0 Å². The van der Waals surface area contributed by atoms with Gasteiger partial charge in [0.2, 0.25) is 0 Å². The lowest BCUT2D eigenvalue weighted by Crippen LogP contribution is -2.44. The number of nitrogens with zero attached hydrogens (tertiary/aromatic N) is 2. The number of rotatable bonds is 2. The third-order valence-corrected chi connectivity index (χ3v) is 5.53. The molecule has 0 fully saturated rings. The molecule has 3 aromatic rings. The van der Waals surface area contributed by atoms with Gasteiger partial charge in [-0.2, -0.15) is 0 Å². The van der Waals surface area contributed by atoms with Crippen molar-refractivity contribution in [3.8, 4) is 0 Å². The Morgan fingerprint density at radius 1 is 1.15 bits per heavy atom. The predicted octanol–water partition coefficient (Wildman–Crippen LogP) is 4.06. The fourth-order valence-electron chi connectivity index (χ4n) is 4.00. The van der Waals surface area contributed by atoms with E-state index in [-0.39, 0.29) is 29.1 Å². The second kappa shape index (κ2) is 6.41. The van der Waals surface area contributed by atoms with Crippen molar-refractivity contribution in [1.82, 2.24) is 9.47 Å². The molecule has 0 N–H and O–H groups in total. The molecule has 1 atom stereocenters. The highest BCUT2D eigenvalue weighted by atomic mass is 16.3. The third-order valence-electron chi connectivity index (χ3n) is 5.53. The summed E-state index contributed by atoms with van der Waals surface area (Å²) in [7, 11) is 0. The van der Waals surface area contributed by atoms with Gasteiger partial charge in [-0.25, -0.2) is 0 Å². The van der Waals surface area contributed by atoms with Crippen molar-refractivity contribution in [1.29, 1.82) is 0 Å². The highest BCUT2D eigenvalue weighted by molar-refractivity contribution is 5.93. The summed E-state index contributed by atoms with van der Waals surface area (Å²) >= 11 is 0. The molecule has 0 aliphatic carbocycles. The van der Waals surface area contributed by atoms with Crippen molar-refractivity contribution in [2.75, 3.05) is 6.54 Å². The van der Waals surface area contributed by atoms with E-state index in [0.29, 0.717) is 17.5 Å². The first-order valence-corrected chi connectivity index (χ1v) is 9.38. The maximum atomic E-state index is 13.3. The lowest BCUT2D eigenvalue weighted by Gasteiger charge is -2.39. The Kier molecular flexibility index (Phi) is 4.17. The van der Waals surface area contributed by atoms with Gasteiger partial charge < -0.3 is 13.9 Å². The van der Waals surface area contributed by atoms with Gasteiger partial charge in [0.05, 0.1) is 11.4 Å². The molecule has 0 bridgehead atoms. The number of hydrogen-bond acceptors (Lipinski definition) is 3. The average molecular weight is 364 g/mol. The first-order valence-electron chi connectivity index (χ1n) is 9.38. The first-order chi connectivity index (χ1) is 12.9. The Balaban J connectivity index is 1.78. The molecule has 0 spiro atoms. The van der Waals surface area contributed by atoms with E-state index in [1.54, 1.807) is 0 Å². The van der Waals surface area contributed by atoms with Crippen molar-refractivity contribution in [3.05, 3.63) is 69.3 Å². The molecule has 1 aliphatic rings. The summed E-state index contributed by atoms with van der Waals surface area (Å²) in [4.78, 5) is 27.7. The van der Waals surface area contributed by atoms with Gasteiger partial charge in [0.15, 0.2) is 11.2 Å². The molecule has 27 heavy (non-hydrogen) atoms. The van der Waals surface area contributed by atoms with Crippen molar-refractivity contribution in [2.24, 2.45) is 5.92 Å². The Hall–Kier alpha value is -2.82. The highest BCUT2D eigenvalue weighted by Gasteiger charge is 2.34. The number of hydrogen-bond donors (Lipinski definition) is 0. The standard InChI is InChI=1S/C22H24N2O3/c1-13(2)21-17-6-5-7-23(17)8-9-24(21)22(26)20-12-18(25)16-10-14(3)15(4)11-19(16)27-20/h5-7,10-13,21H,8-9H2,1-4H3/t21-/m0/s1. The summed E-state index contributed by atoms with van der Waals surface area (Å²) in [5, 5.41) is 0.516. The summed E-state index contributed by atoms with van der Waals surface area (Å²) in [5.41, 5.74) is 3.48. The third kappa shape index (κ3) is 2.87. The minimum atomic E-state index is -0.224. The van der Waals surface area contributed by atoms with Crippen LogP contribution >= 0.6 is 0 Å². The molecule has 3 heterocycles. The Morgan fingerprint density at radius 3 is 2.63 bits per heavy atom. The number of amides is 1. The van der Waals surface area contributed by atoms with Crippen LogP contribution in [0, 0.1) is 19.8 Å². The SMILES string of the molecule is Cc1cc2oc(C(=O)N3CCn4cccc4[C@@H]3C(C)C)cc(=O)c2cc1C. The van der Waals surface area contributed by atoms with Crippen LogP contribution in [0.4, 0.5) is 0 Å². The molecule has 140 valence electrons. The van der Waals surface area contributed by atoms with E-state index < -0.39 is 0 Å². The zero-order chi connectivity index (χ0) is 19.3. The molecule has 0 radical (unpaired) electrons. The number of carbonyl (C=O) groups is 1. The van der Waals surface area contributed by atoms with E-state index in [1.807, 2.05) is 43.1 Å². The summed E-state index contributed by atoms with van der Waals surface area (Å²) in [6.45, 7) is 9.48. The fraction of sp³-hybridized carbons (Fsp3) is 0.364. The first kappa shape index (κ1) is 17.6. The van der Waals surface area contributed by atoms with E-state index in [2.05, 4.69) is 24.5 Å². The summed E-state index contributed by atoms with van der Waals surface area (Å²) in [6.07, 6.45) is 2.05. The molecule has 2 aromatic heterocycles. The smallest absolute Gasteiger partial charge is 0.290 e. The Bertz CT molecular complexity index is 1090. The molecule has 1 amide bonds. The monoisotopic (exact) mass is 364 g/mol. The van der Waals surface area contributed by atoms with Crippen molar-refractivity contribution in [3.63, 3.8) is 0 Å². The minimum absolute atomic E-state index is 0.0398. The normalized spacial score (nSPS) is 16.8. The molecular weight excluding hydrogens is 340 g/mol. The maximum Gasteiger partial charge on any atom is 0.290 e. The minimum Gasteiger partial charge on any atom is -0.451 e. The molecular formula is C22H24N2O3. The van der Waals surface area contributed by atoms with Gasteiger partial charge in [0.1, 0.15) is 5.58 Å². The molecule has 4 rings (SSSR count). The van der Waals surface area contributed by atoms with Crippen LogP contribution in [0.5, 0.6) is 0 Å². The van der Waals surface area contributed by atoms with E-state index in [4.69, 9.17) is 4.42 Å². The van der Waals surface area contributed by atoms with E-state index in [1.165, 1.54) is 6.07 Å². The molecule has 0 saturated carbocycles. The Labute approximate surface area is 158 Å². The molecule has 0 saturated heterocycles.